The second-order valence-electron chi connectivity index (χ2n) is 37.8. The Kier molecular flexibility index (Phi) is 62.2. The molecule has 0 spiro atoms. The number of benzene rings is 8. The van der Waals surface area contributed by atoms with Crippen LogP contribution in [0, 0.1) is 0 Å². The highest BCUT2D eigenvalue weighted by atomic mass is 16.6. The standard InChI is InChI=1S/C120H170N8O12/c1-5-9-13-41-53-99-61-69-103(70-62-99)121-125-107-77-85-111(86-78-107)133-93-49-37-29-21-17-25-33-45-57-117(129)137-97-115(139-119(131)59-47-35-27-19-23-31-39-51-95-135-113-89-81-109(82-90-113)127-123-105-73-65-101(66-74-105)55-43-15-11-7-3)116(140-120(132)60-48-36-28-20-24-32-40-52-96-136-114-91-83-110(84-92-114)128-124-106-75-67-102(68-76-106)56-44-16-12-8-4)98-138-118(130)58-46-34-26-18-22-30-38-50-94-134-112-87-79-108(80-88-112)126-122-104-71-63-100(64-72-104)54-42-14-10-6-2/h61-92,115-116H,5-60,93-98H2,1-4H3/t115-,116-/m0/s1. The lowest BCUT2D eigenvalue weighted by molar-refractivity contribution is -0.183. The number of esters is 4. The van der Waals surface area contributed by atoms with Crippen molar-refractivity contribution in [3.8, 4) is 23.0 Å². The van der Waals surface area contributed by atoms with E-state index in [1.54, 1.807) is 0 Å². The van der Waals surface area contributed by atoms with Crippen molar-refractivity contribution in [2.45, 2.75) is 399 Å². The van der Waals surface area contributed by atoms with Crippen LogP contribution in [-0.2, 0) is 63.8 Å². The summed E-state index contributed by atoms with van der Waals surface area (Å²) in [4.78, 5) is 55.1. The fraction of sp³-hybridized carbons (Fsp3) is 0.567. The van der Waals surface area contributed by atoms with E-state index in [2.05, 4.69) is 117 Å². The molecule has 0 saturated heterocycles. The molecule has 8 rings (SSSR count). The molecule has 8 aromatic carbocycles. The van der Waals surface area contributed by atoms with Crippen molar-refractivity contribution in [2.75, 3.05) is 39.6 Å². The lowest BCUT2D eigenvalue weighted by Crippen LogP contribution is -2.42. The zero-order valence-electron chi connectivity index (χ0n) is 85.9. The average molecular weight is 1920 g/mol. The van der Waals surface area contributed by atoms with E-state index < -0.39 is 36.1 Å². The van der Waals surface area contributed by atoms with Crippen LogP contribution in [0.25, 0.3) is 0 Å². The van der Waals surface area contributed by atoms with Crippen molar-refractivity contribution in [2.24, 2.45) is 40.9 Å². The normalized spacial score (nSPS) is 12.0. The van der Waals surface area contributed by atoms with Gasteiger partial charge in [-0.05, 0) is 271 Å². The van der Waals surface area contributed by atoms with Gasteiger partial charge in [0.2, 0.25) is 0 Å². The van der Waals surface area contributed by atoms with Crippen molar-refractivity contribution >= 4 is 69.4 Å². The molecular formula is C120H170N8O12. The molecule has 0 aromatic heterocycles. The first-order valence-electron chi connectivity index (χ1n) is 54.6. The Morgan fingerprint density at radius 3 is 0.550 bits per heavy atom. The molecule has 8 aromatic rings. The number of rotatable bonds is 83. The molecule has 0 radical (unpaired) electrons. The fourth-order valence-electron chi connectivity index (χ4n) is 16.7. The SMILES string of the molecule is CCCCCCc1ccc(N=Nc2ccc(OCCCCCCCCCCC(=O)OC[C@H](OC(=O)CCCCCCCCCCOc3ccc(N=Nc4ccc(CCCCCC)cc4)cc3)[C@H](COC(=O)CCCCCCCCCCOc3ccc(N=Nc4ccc(CCCCCC)cc4)cc3)OC(=O)CCCCCCCCCCOc3ccc(N=Nc4ccc(CCCCCC)cc4)cc3)cc2)cc1. The Morgan fingerprint density at radius 1 is 0.193 bits per heavy atom. The second-order valence-corrected chi connectivity index (χ2v) is 37.8. The third-order valence-corrected chi connectivity index (χ3v) is 25.5. The predicted molar refractivity (Wildman–Crippen MR) is 569 cm³/mol. The minimum Gasteiger partial charge on any atom is -0.494 e. The van der Waals surface area contributed by atoms with Crippen LogP contribution in [0.1, 0.15) is 384 Å². The number of carbonyl (C=O) groups is 4. The molecule has 20 nitrogen and oxygen atoms in total. The fourth-order valence-corrected chi connectivity index (χ4v) is 16.7. The van der Waals surface area contributed by atoms with Crippen molar-refractivity contribution in [1.82, 2.24) is 0 Å². The van der Waals surface area contributed by atoms with Gasteiger partial charge >= 0.3 is 23.9 Å². The monoisotopic (exact) mass is 1920 g/mol. The Balaban J connectivity index is 0.759. The summed E-state index contributed by atoms with van der Waals surface area (Å²) in [6.07, 6.45) is 53.3. The summed E-state index contributed by atoms with van der Waals surface area (Å²) in [5.41, 5.74) is 11.8. The van der Waals surface area contributed by atoms with Crippen LogP contribution in [0.3, 0.4) is 0 Å². The summed E-state index contributed by atoms with van der Waals surface area (Å²) in [6.45, 7) is 10.8. The van der Waals surface area contributed by atoms with E-state index in [-0.39, 0.29) is 38.9 Å². The van der Waals surface area contributed by atoms with Gasteiger partial charge in [0, 0.05) is 25.7 Å². The maximum Gasteiger partial charge on any atom is 0.306 e. The molecule has 20 heteroatoms. The molecule has 0 bridgehead atoms. The summed E-state index contributed by atoms with van der Waals surface area (Å²) in [6, 6.07) is 64.5. The number of aryl methyl sites for hydroxylation is 4. The first kappa shape index (κ1) is 115. The number of ether oxygens (including phenoxy) is 8. The highest BCUT2D eigenvalue weighted by Gasteiger charge is 2.32. The van der Waals surface area contributed by atoms with Gasteiger partial charge in [-0.15, -0.1) is 0 Å². The summed E-state index contributed by atoms with van der Waals surface area (Å²) in [5.74, 6) is 1.41. The Bertz CT molecular complexity index is 4330. The zero-order chi connectivity index (χ0) is 98.5. The number of hydrogen-bond donors (Lipinski definition) is 0. The second kappa shape index (κ2) is 76.0. The number of nitrogens with zero attached hydrogens (tertiary/aromatic N) is 8. The number of hydrogen-bond acceptors (Lipinski definition) is 20. The van der Waals surface area contributed by atoms with Gasteiger partial charge in [0.1, 0.15) is 36.2 Å². The molecule has 0 heterocycles. The lowest BCUT2D eigenvalue weighted by atomic mass is 10.1. The van der Waals surface area contributed by atoms with Crippen LogP contribution in [0.4, 0.5) is 45.5 Å². The van der Waals surface area contributed by atoms with Gasteiger partial charge in [-0.1, -0.05) is 307 Å². The summed E-state index contributed by atoms with van der Waals surface area (Å²) < 4.78 is 48.4. The van der Waals surface area contributed by atoms with Gasteiger partial charge in [0.15, 0.2) is 12.2 Å². The smallest absolute Gasteiger partial charge is 0.306 e. The van der Waals surface area contributed by atoms with E-state index in [4.69, 9.17) is 37.9 Å². The minimum atomic E-state index is -1.19. The quantitative estimate of drug-likeness (QED) is 0.0150. The van der Waals surface area contributed by atoms with Crippen LogP contribution >= 0.6 is 0 Å². The van der Waals surface area contributed by atoms with Crippen molar-refractivity contribution in [1.29, 1.82) is 0 Å². The van der Waals surface area contributed by atoms with E-state index in [1.165, 1.54) is 125 Å². The molecule has 0 N–H and O–H groups in total. The van der Waals surface area contributed by atoms with Crippen LogP contribution in [0.5, 0.6) is 23.0 Å². The van der Waals surface area contributed by atoms with Crippen LogP contribution in [0.15, 0.2) is 235 Å². The molecule has 0 aliphatic carbocycles. The van der Waals surface area contributed by atoms with E-state index >= 15 is 0 Å². The molecule has 140 heavy (non-hydrogen) atoms. The molecule has 0 fully saturated rings. The van der Waals surface area contributed by atoms with Crippen LogP contribution in [0.2, 0.25) is 0 Å². The van der Waals surface area contributed by atoms with Gasteiger partial charge < -0.3 is 37.9 Å². The molecule has 0 amide bonds. The third-order valence-electron chi connectivity index (χ3n) is 25.5. The van der Waals surface area contributed by atoms with Gasteiger partial charge in [-0.3, -0.25) is 19.2 Å². The van der Waals surface area contributed by atoms with E-state index in [9.17, 15) is 19.2 Å². The highest BCUT2D eigenvalue weighted by molar-refractivity contribution is 5.72. The average Bonchev–Trinajstić information content (AvgIpc) is 0.876. The highest BCUT2D eigenvalue weighted by Crippen LogP contribution is 2.31. The Labute approximate surface area is 840 Å². The van der Waals surface area contributed by atoms with E-state index in [1.807, 2.05) is 146 Å². The van der Waals surface area contributed by atoms with Crippen LogP contribution in [-0.4, -0.2) is 75.7 Å². The molecule has 0 unspecified atom stereocenters. The molecule has 0 aliphatic rings. The minimum absolute atomic E-state index is 0.133. The van der Waals surface area contributed by atoms with Gasteiger partial charge in [-0.2, -0.15) is 40.9 Å². The van der Waals surface area contributed by atoms with Gasteiger partial charge in [0.25, 0.3) is 0 Å². The van der Waals surface area contributed by atoms with Crippen molar-refractivity contribution in [3.63, 3.8) is 0 Å². The third kappa shape index (κ3) is 55.4. The largest absolute Gasteiger partial charge is 0.494 e. The first-order valence-corrected chi connectivity index (χ1v) is 54.6. The maximum atomic E-state index is 14.0. The van der Waals surface area contributed by atoms with Crippen molar-refractivity contribution < 1.29 is 57.1 Å². The summed E-state index contributed by atoms with van der Waals surface area (Å²) in [5, 5.41) is 35.5. The van der Waals surface area contributed by atoms with Crippen molar-refractivity contribution in [3.05, 3.63) is 216 Å². The molecule has 0 saturated carbocycles. The molecule has 0 aliphatic heterocycles. The topological polar surface area (TPSA) is 241 Å². The lowest BCUT2D eigenvalue weighted by Gasteiger charge is -2.27. The Morgan fingerprint density at radius 2 is 0.357 bits per heavy atom. The summed E-state index contributed by atoms with van der Waals surface area (Å²) in [7, 11) is 0. The Hall–Kier alpha value is -10.8. The maximum absolute atomic E-state index is 14.0. The van der Waals surface area contributed by atoms with E-state index in [0.29, 0.717) is 52.1 Å². The van der Waals surface area contributed by atoms with E-state index in [0.717, 1.165) is 274 Å². The summed E-state index contributed by atoms with van der Waals surface area (Å²) >= 11 is 0. The number of azo groups is 4. The molecule has 2 atom stereocenters. The van der Waals surface area contributed by atoms with Gasteiger partial charge in [0.05, 0.1) is 71.9 Å². The van der Waals surface area contributed by atoms with Gasteiger partial charge in [-0.25, -0.2) is 0 Å². The molecule has 762 valence electrons. The van der Waals surface area contributed by atoms with Crippen LogP contribution < -0.4 is 18.9 Å². The first-order chi connectivity index (χ1) is 69.0. The number of carbonyl (C=O) groups excluding carboxylic acids is 4. The zero-order valence-corrected chi connectivity index (χ0v) is 85.9. The number of unbranched alkanes of at least 4 members (excludes halogenated alkanes) is 40. The predicted octanol–water partition coefficient (Wildman–Crippen LogP) is 36.4. The molecular weight excluding hydrogens is 1750 g/mol.